The fraction of sp³-hybridized carbons (Fsp3) is 0.400. The summed E-state index contributed by atoms with van der Waals surface area (Å²) in [6.45, 7) is 5.89. The number of nitrogens with two attached hydrogens (primary N) is 1. The van der Waals surface area contributed by atoms with Crippen molar-refractivity contribution in [2.75, 3.05) is 0 Å². The van der Waals surface area contributed by atoms with Crippen molar-refractivity contribution < 1.29 is 14.4 Å². The van der Waals surface area contributed by atoms with Gasteiger partial charge in [0.25, 0.3) is 0 Å². The van der Waals surface area contributed by atoms with E-state index in [1.165, 1.54) is 0 Å². The summed E-state index contributed by atoms with van der Waals surface area (Å²) in [6.07, 6.45) is 0.858. The number of halogens is 1. The summed E-state index contributed by atoms with van der Waals surface area (Å²) in [5.41, 5.74) is 7.80. The van der Waals surface area contributed by atoms with E-state index < -0.39 is 24.0 Å². The molecule has 0 aliphatic heterocycles. The van der Waals surface area contributed by atoms with Crippen LogP contribution in [0.25, 0.3) is 0 Å². The number of rotatable bonds is 11. The third kappa shape index (κ3) is 9.51. The second-order valence-electron chi connectivity index (χ2n) is 8.56. The summed E-state index contributed by atoms with van der Waals surface area (Å²) < 4.78 is 1.11. The number of amides is 3. The van der Waals surface area contributed by atoms with Crippen molar-refractivity contribution in [2.45, 2.75) is 58.3 Å². The van der Waals surface area contributed by atoms with Gasteiger partial charge >= 0.3 is 0 Å². The van der Waals surface area contributed by atoms with Crippen molar-refractivity contribution in [1.29, 1.82) is 0 Å². The van der Waals surface area contributed by atoms with Crippen molar-refractivity contribution in [3.05, 3.63) is 69.3 Å². The van der Waals surface area contributed by atoms with Crippen molar-refractivity contribution in [1.82, 2.24) is 16.0 Å². The zero-order valence-corrected chi connectivity index (χ0v) is 21.5. The molecule has 3 amide bonds. The predicted octanol–water partition coefficient (Wildman–Crippen LogP) is 2.51. The first-order valence-electron chi connectivity index (χ1n) is 11.1. The lowest BCUT2D eigenvalue weighted by Crippen LogP contribution is -2.55. The third-order valence-electron chi connectivity index (χ3n) is 5.11. The first kappa shape index (κ1) is 26.8. The fourth-order valence-electron chi connectivity index (χ4n) is 3.27. The molecule has 0 heterocycles. The van der Waals surface area contributed by atoms with Crippen LogP contribution in [-0.2, 0) is 27.3 Å². The second kappa shape index (κ2) is 13.3. The number of nitrogens with one attached hydrogen (secondary N) is 3. The molecule has 0 aliphatic carbocycles. The molecule has 2 aromatic rings. The Hall–Kier alpha value is -2.46. The molecule has 0 saturated carbocycles. The Bertz CT molecular complexity index is 919. The first-order valence-corrected chi connectivity index (χ1v) is 12.2. The number of hydrogen-bond acceptors (Lipinski definition) is 4. The number of hydrogen-bond donors (Lipinski definition) is 4. The van der Waals surface area contributed by atoms with Crippen LogP contribution in [0, 0.1) is 9.49 Å². The lowest BCUT2D eigenvalue weighted by Gasteiger charge is -2.22. The van der Waals surface area contributed by atoms with E-state index in [0.717, 1.165) is 14.7 Å². The Labute approximate surface area is 209 Å². The largest absolute Gasteiger partial charge is 0.350 e. The molecule has 3 atom stereocenters. The molecule has 5 N–H and O–H groups in total. The molecular formula is C25H33IN4O3. The lowest BCUT2D eigenvalue weighted by molar-refractivity contribution is -0.132. The first-order chi connectivity index (χ1) is 15.7. The van der Waals surface area contributed by atoms with Gasteiger partial charge in [0.2, 0.25) is 17.7 Å². The fourth-order valence-corrected chi connectivity index (χ4v) is 3.63. The lowest BCUT2D eigenvalue weighted by atomic mass is 10.0. The number of carbonyl (C=O) groups is 3. The van der Waals surface area contributed by atoms with Gasteiger partial charge < -0.3 is 21.7 Å². The highest BCUT2D eigenvalue weighted by Crippen LogP contribution is 2.08. The van der Waals surface area contributed by atoms with Crippen molar-refractivity contribution in [2.24, 2.45) is 11.7 Å². The molecule has 0 saturated heterocycles. The summed E-state index contributed by atoms with van der Waals surface area (Å²) >= 11 is 2.23. The average Bonchev–Trinajstić information content (AvgIpc) is 2.78. The zero-order valence-electron chi connectivity index (χ0n) is 19.3. The van der Waals surface area contributed by atoms with Gasteiger partial charge in [0.1, 0.15) is 12.1 Å². The Morgan fingerprint density at radius 1 is 0.848 bits per heavy atom. The quantitative estimate of drug-likeness (QED) is 0.314. The van der Waals surface area contributed by atoms with Crippen LogP contribution in [0.1, 0.15) is 38.3 Å². The van der Waals surface area contributed by atoms with E-state index in [1.807, 2.05) is 68.4 Å². The van der Waals surface area contributed by atoms with Crippen molar-refractivity contribution in [3.8, 4) is 0 Å². The van der Waals surface area contributed by atoms with Gasteiger partial charge in [-0.1, -0.05) is 56.3 Å². The number of carbonyl (C=O) groups excluding carboxylic acids is 3. The third-order valence-corrected chi connectivity index (χ3v) is 5.83. The molecule has 2 rings (SSSR count). The van der Waals surface area contributed by atoms with Gasteiger partial charge in [-0.05, 0) is 65.1 Å². The van der Waals surface area contributed by atoms with Crippen LogP contribution < -0.4 is 21.7 Å². The van der Waals surface area contributed by atoms with Gasteiger partial charge in [-0.25, -0.2) is 0 Å². The molecule has 0 aliphatic rings. The predicted molar refractivity (Wildman–Crippen MR) is 138 cm³/mol. The SMILES string of the molecule is CC(C)C[C@H](N)C(=O)N[C@H](C)C(=O)N[C@@H](Cc1ccccc1)C(=O)NCc1ccc(I)cc1. The molecule has 0 spiro atoms. The summed E-state index contributed by atoms with van der Waals surface area (Å²) in [6, 6.07) is 15.0. The standard InChI is InChI=1S/C25H33IN4O3/c1-16(2)13-21(27)24(32)29-17(3)23(31)30-22(14-18-7-5-4-6-8-18)25(33)28-15-19-9-11-20(26)12-10-19/h4-12,16-17,21-22H,13-15,27H2,1-3H3,(H,28,33)(H,29,32)(H,30,31)/t17-,21+,22+/m1/s1. The maximum absolute atomic E-state index is 13.0. The molecule has 178 valence electrons. The smallest absolute Gasteiger partial charge is 0.243 e. The molecule has 0 bridgehead atoms. The minimum Gasteiger partial charge on any atom is -0.350 e. The van der Waals surface area contributed by atoms with Crippen LogP contribution >= 0.6 is 22.6 Å². The molecule has 0 unspecified atom stereocenters. The van der Waals surface area contributed by atoms with Gasteiger partial charge in [0.05, 0.1) is 6.04 Å². The molecule has 2 aromatic carbocycles. The summed E-state index contributed by atoms with van der Waals surface area (Å²) in [5.74, 6) is -0.845. The van der Waals surface area contributed by atoms with E-state index in [1.54, 1.807) is 6.92 Å². The second-order valence-corrected chi connectivity index (χ2v) is 9.81. The van der Waals surface area contributed by atoms with Gasteiger partial charge in [0.15, 0.2) is 0 Å². The highest BCUT2D eigenvalue weighted by molar-refractivity contribution is 14.1. The average molecular weight is 564 g/mol. The van der Waals surface area contributed by atoms with E-state index >= 15 is 0 Å². The van der Waals surface area contributed by atoms with Crippen LogP contribution in [0.5, 0.6) is 0 Å². The van der Waals surface area contributed by atoms with Crippen LogP contribution in [-0.4, -0.2) is 35.8 Å². The molecule has 0 fully saturated rings. The van der Waals surface area contributed by atoms with E-state index in [-0.39, 0.29) is 17.7 Å². The monoisotopic (exact) mass is 564 g/mol. The summed E-state index contributed by atoms with van der Waals surface area (Å²) in [7, 11) is 0. The van der Waals surface area contributed by atoms with Gasteiger partial charge in [-0.2, -0.15) is 0 Å². The Morgan fingerprint density at radius 2 is 1.48 bits per heavy atom. The Morgan fingerprint density at radius 3 is 2.09 bits per heavy atom. The molecule has 8 heteroatoms. The van der Waals surface area contributed by atoms with E-state index in [0.29, 0.717) is 19.4 Å². The summed E-state index contributed by atoms with van der Waals surface area (Å²) in [4.78, 5) is 38.0. The highest BCUT2D eigenvalue weighted by Gasteiger charge is 2.26. The Balaban J connectivity index is 2.02. The molecule has 0 radical (unpaired) electrons. The van der Waals surface area contributed by atoms with Crippen molar-refractivity contribution in [3.63, 3.8) is 0 Å². The van der Waals surface area contributed by atoms with Crippen molar-refractivity contribution >= 4 is 40.3 Å². The molecule has 0 aromatic heterocycles. The van der Waals surface area contributed by atoms with Crippen LogP contribution in [0.3, 0.4) is 0 Å². The van der Waals surface area contributed by atoms with E-state index in [2.05, 4.69) is 38.5 Å². The normalized spacial score (nSPS) is 13.6. The van der Waals surface area contributed by atoms with E-state index in [9.17, 15) is 14.4 Å². The van der Waals surface area contributed by atoms with Crippen LogP contribution in [0.15, 0.2) is 54.6 Å². The molecule has 33 heavy (non-hydrogen) atoms. The minimum atomic E-state index is -0.821. The van der Waals surface area contributed by atoms with Crippen LogP contribution in [0.4, 0.5) is 0 Å². The van der Waals surface area contributed by atoms with E-state index in [4.69, 9.17) is 5.73 Å². The van der Waals surface area contributed by atoms with Gasteiger partial charge in [-0.3, -0.25) is 14.4 Å². The topological polar surface area (TPSA) is 113 Å². The van der Waals surface area contributed by atoms with Gasteiger partial charge in [0, 0.05) is 16.5 Å². The zero-order chi connectivity index (χ0) is 24.4. The van der Waals surface area contributed by atoms with Crippen LogP contribution in [0.2, 0.25) is 0 Å². The summed E-state index contributed by atoms with van der Waals surface area (Å²) in [5, 5.41) is 8.34. The highest BCUT2D eigenvalue weighted by atomic mass is 127. The maximum Gasteiger partial charge on any atom is 0.243 e. The number of benzene rings is 2. The molecular weight excluding hydrogens is 531 g/mol. The Kier molecular flexibility index (Phi) is 10.8. The minimum absolute atomic E-state index is 0.266. The maximum atomic E-state index is 13.0. The molecule has 7 nitrogen and oxygen atoms in total. The van der Waals surface area contributed by atoms with Gasteiger partial charge in [-0.15, -0.1) is 0 Å².